The maximum atomic E-state index is 6.31. The monoisotopic (exact) mass is 305 g/mol. The van der Waals surface area contributed by atoms with Crippen molar-refractivity contribution < 1.29 is 0 Å². The van der Waals surface area contributed by atoms with E-state index in [-0.39, 0.29) is 0 Å². The van der Waals surface area contributed by atoms with Crippen molar-refractivity contribution in [3.8, 4) is 0 Å². The second-order valence-electron chi connectivity index (χ2n) is 5.11. The summed E-state index contributed by atoms with van der Waals surface area (Å²) < 4.78 is 0. The van der Waals surface area contributed by atoms with Gasteiger partial charge in [-0.1, -0.05) is 35.9 Å². The summed E-state index contributed by atoms with van der Waals surface area (Å²) in [5.41, 5.74) is 4.86. The molecule has 0 aromatic heterocycles. The van der Waals surface area contributed by atoms with Crippen LogP contribution >= 0.6 is 23.2 Å². The molecule has 0 aliphatic carbocycles. The highest BCUT2D eigenvalue weighted by molar-refractivity contribution is 6.32. The van der Waals surface area contributed by atoms with E-state index in [4.69, 9.17) is 23.2 Å². The molecule has 0 saturated carbocycles. The van der Waals surface area contributed by atoms with Gasteiger partial charge in [0.15, 0.2) is 0 Å². The lowest BCUT2D eigenvalue weighted by Gasteiger charge is -2.27. The van der Waals surface area contributed by atoms with E-state index in [1.807, 2.05) is 12.1 Å². The summed E-state index contributed by atoms with van der Waals surface area (Å²) in [6, 6.07) is 14.7. The van der Waals surface area contributed by atoms with E-state index in [9.17, 15) is 0 Å². The highest BCUT2D eigenvalue weighted by Crippen LogP contribution is 2.37. The molecule has 2 aromatic carbocycles. The quantitative estimate of drug-likeness (QED) is 0.657. The molecule has 0 amide bonds. The van der Waals surface area contributed by atoms with Crippen molar-refractivity contribution in [1.29, 1.82) is 0 Å². The number of rotatable bonds is 2. The van der Waals surface area contributed by atoms with Gasteiger partial charge in [-0.3, -0.25) is 0 Å². The number of nitrogens with zero attached hydrogens (tertiary/aromatic N) is 1. The van der Waals surface area contributed by atoms with Gasteiger partial charge >= 0.3 is 0 Å². The predicted molar refractivity (Wildman–Crippen MR) is 87.4 cm³/mol. The lowest BCUT2D eigenvalue weighted by atomic mass is 10.1. The highest BCUT2D eigenvalue weighted by Gasteiger charge is 2.19. The normalized spacial score (nSPS) is 14.8. The zero-order valence-electron chi connectivity index (χ0n) is 11.3. The minimum Gasteiger partial charge on any atom is -0.341 e. The van der Waals surface area contributed by atoms with Crippen LogP contribution in [0, 0.1) is 0 Å². The van der Waals surface area contributed by atoms with E-state index in [1.54, 1.807) is 0 Å². The van der Waals surface area contributed by atoms with Gasteiger partial charge in [0.1, 0.15) is 0 Å². The fourth-order valence-corrected chi connectivity index (χ4v) is 3.46. The predicted octanol–water partition coefficient (Wildman–Crippen LogP) is 5.55. The number of hydrogen-bond acceptors (Lipinski definition) is 1. The lowest BCUT2D eigenvalue weighted by Crippen LogP contribution is -2.19. The fourth-order valence-electron chi connectivity index (χ4n) is 2.87. The molecule has 1 nitrogen and oxygen atoms in total. The topological polar surface area (TPSA) is 3.24 Å². The molecule has 1 aliphatic rings. The average Bonchev–Trinajstić information content (AvgIpc) is 2.69. The van der Waals surface area contributed by atoms with Gasteiger partial charge in [0.05, 0.1) is 5.88 Å². The number of aryl methyl sites for hydroxylation is 1. The van der Waals surface area contributed by atoms with Gasteiger partial charge < -0.3 is 4.90 Å². The van der Waals surface area contributed by atoms with Crippen LogP contribution in [0.15, 0.2) is 42.5 Å². The van der Waals surface area contributed by atoms with E-state index in [0.29, 0.717) is 5.88 Å². The van der Waals surface area contributed by atoms with Crippen LogP contribution in [0.2, 0.25) is 5.02 Å². The molecule has 0 N–H and O–H groups in total. The van der Waals surface area contributed by atoms with Gasteiger partial charge in [-0.25, -0.2) is 0 Å². The average molecular weight is 306 g/mol. The first-order valence-electron chi connectivity index (χ1n) is 7.00. The minimum absolute atomic E-state index is 0.438. The van der Waals surface area contributed by atoms with Crippen molar-refractivity contribution in [1.82, 2.24) is 0 Å². The Balaban J connectivity index is 2.12. The third-order valence-electron chi connectivity index (χ3n) is 3.88. The van der Waals surface area contributed by atoms with Crippen LogP contribution in [0.3, 0.4) is 0 Å². The largest absolute Gasteiger partial charge is 0.341 e. The first-order chi connectivity index (χ1) is 9.81. The first kappa shape index (κ1) is 13.8. The number of hydrogen-bond donors (Lipinski definition) is 0. The Morgan fingerprint density at radius 2 is 1.75 bits per heavy atom. The fraction of sp³-hybridized carbons (Fsp3) is 0.294. The van der Waals surface area contributed by atoms with Crippen molar-refractivity contribution in [3.05, 3.63) is 58.6 Å². The van der Waals surface area contributed by atoms with E-state index < -0.39 is 0 Å². The van der Waals surface area contributed by atoms with Crippen molar-refractivity contribution in [3.63, 3.8) is 0 Å². The summed E-state index contributed by atoms with van der Waals surface area (Å²) in [6.07, 6.45) is 3.55. The molecule has 2 aromatic rings. The second-order valence-corrected chi connectivity index (χ2v) is 5.78. The van der Waals surface area contributed by atoms with Crippen molar-refractivity contribution >= 4 is 34.6 Å². The van der Waals surface area contributed by atoms with E-state index in [1.165, 1.54) is 24.1 Å². The van der Waals surface area contributed by atoms with Crippen LogP contribution in [-0.2, 0) is 12.3 Å². The summed E-state index contributed by atoms with van der Waals surface area (Å²) in [5.74, 6) is 0.438. The summed E-state index contributed by atoms with van der Waals surface area (Å²) in [4.78, 5) is 2.37. The van der Waals surface area contributed by atoms with Crippen LogP contribution in [-0.4, -0.2) is 6.54 Å². The summed E-state index contributed by atoms with van der Waals surface area (Å²) in [6.45, 7) is 1.02. The smallest absolute Gasteiger partial charge is 0.0509 e. The Labute approximate surface area is 130 Å². The summed E-state index contributed by atoms with van der Waals surface area (Å²) in [7, 11) is 0. The molecule has 0 unspecified atom stereocenters. The SMILES string of the molecule is ClCc1c(Cl)cccc1N1CCCCc2ccccc21. The van der Waals surface area contributed by atoms with Crippen LogP contribution in [0.1, 0.15) is 24.0 Å². The van der Waals surface area contributed by atoms with Crippen LogP contribution in [0.5, 0.6) is 0 Å². The van der Waals surface area contributed by atoms with Crippen molar-refractivity contribution in [2.45, 2.75) is 25.1 Å². The molecule has 20 heavy (non-hydrogen) atoms. The molecule has 1 aliphatic heterocycles. The Kier molecular flexibility index (Phi) is 4.18. The van der Waals surface area contributed by atoms with Gasteiger partial charge in [0.25, 0.3) is 0 Å². The van der Waals surface area contributed by atoms with Gasteiger partial charge in [0.2, 0.25) is 0 Å². The molecule has 0 bridgehead atoms. The van der Waals surface area contributed by atoms with Crippen LogP contribution in [0.4, 0.5) is 11.4 Å². The van der Waals surface area contributed by atoms with E-state index >= 15 is 0 Å². The summed E-state index contributed by atoms with van der Waals surface area (Å²) >= 11 is 12.4. The maximum absolute atomic E-state index is 6.31. The Morgan fingerprint density at radius 1 is 0.950 bits per heavy atom. The van der Waals surface area contributed by atoms with Crippen molar-refractivity contribution in [2.75, 3.05) is 11.4 Å². The molecule has 3 heteroatoms. The molecule has 3 rings (SSSR count). The maximum Gasteiger partial charge on any atom is 0.0509 e. The number of para-hydroxylation sites is 1. The minimum atomic E-state index is 0.438. The second kappa shape index (κ2) is 6.07. The highest BCUT2D eigenvalue weighted by atomic mass is 35.5. The van der Waals surface area contributed by atoms with E-state index in [2.05, 4.69) is 35.2 Å². The Morgan fingerprint density at radius 3 is 2.60 bits per heavy atom. The molecule has 1 heterocycles. The molecular weight excluding hydrogens is 289 g/mol. The molecule has 0 fully saturated rings. The third-order valence-corrected chi connectivity index (χ3v) is 4.50. The number of fused-ring (bicyclic) bond motifs is 1. The lowest BCUT2D eigenvalue weighted by molar-refractivity contribution is 0.760. The van der Waals surface area contributed by atoms with Crippen LogP contribution < -0.4 is 4.90 Å². The first-order valence-corrected chi connectivity index (χ1v) is 7.91. The number of benzene rings is 2. The Bertz CT molecular complexity index is 610. The zero-order chi connectivity index (χ0) is 13.9. The number of halogens is 2. The standard InChI is InChI=1S/C17H17Cl2N/c18-12-14-15(19)8-5-10-17(14)20-11-4-3-7-13-6-1-2-9-16(13)20/h1-2,5-6,8-10H,3-4,7,11-12H2. The molecule has 0 saturated heterocycles. The van der Waals surface area contributed by atoms with E-state index in [0.717, 1.165) is 29.2 Å². The van der Waals surface area contributed by atoms with Gasteiger partial charge in [0, 0.05) is 28.5 Å². The third kappa shape index (κ3) is 2.53. The molecule has 104 valence electrons. The Hall–Kier alpha value is -1.18. The van der Waals surface area contributed by atoms with Crippen LogP contribution in [0.25, 0.3) is 0 Å². The molecule has 0 spiro atoms. The van der Waals surface area contributed by atoms with Gasteiger partial charge in [-0.2, -0.15) is 0 Å². The number of alkyl halides is 1. The van der Waals surface area contributed by atoms with Crippen molar-refractivity contribution in [2.24, 2.45) is 0 Å². The molecule has 0 atom stereocenters. The zero-order valence-corrected chi connectivity index (χ0v) is 12.8. The number of anilines is 2. The summed E-state index contributed by atoms with van der Waals surface area (Å²) in [5, 5.41) is 0.749. The van der Waals surface area contributed by atoms with Gasteiger partial charge in [-0.05, 0) is 43.0 Å². The van der Waals surface area contributed by atoms with Gasteiger partial charge in [-0.15, -0.1) is 11.6 Å². The molecule has 0 radical (unpaired) electrons. The molecular formula is C17H17Cl2N.